The van der Waals surface area contributed by atoms with Gasteiger partial charge in [0, 0.05) is 12.6 Å². The fourth-order valence-corrected chi connectivity index (χ4v) is 2.79. The minimum Gasteiger partial charge on any atom is -0.355 e. The number of amides is 1. The van der Waals surface area contributed by atoms with E-state index in [0.29, 0.717) is 12.6 Å². The van der Waals surface area contributed by atoms with Crippen molar-refractivity contribution in [2.75, 3.05) is 20.1 Å². The molecular weight excluding hydrogens is 236 g/mol. The molecule has 0 saturated heterocycles. The number of nitrogens with zero attached hydrogens (tertiary/aromatic N) is 1. The first-order chi connectivity index (χ1) is 9.22. The molecule has 0 saturated carbocycles. The molecule has 0 bridgehead atoms. The molecule has 1 N–H and O–H groups in total. The monoisotopic (exact) mass is 260 g/mol. The number of rotatable bonds is 6. The Labute approximate surface area is 116 Å². The highest BCUT2D eigenvalue weighted by atomic mass is 16.2. The summed E-state index contributed by atoms with van der Waals surface area (Å²) in [5.41, 5.74) is 2.83. The molecule has 1 aliphatic carbocycles. The van der Waals surface area contributed by atoms with Gasteiger partial charge in [-0.05, 0) is 37.4 Å². The maximum Gasteiger partial charge on any atom is 0.234 e. The number of carbonyl (C=O) groups excluding carboxylic acids is 1. The zero-order valence-electron chi connectivity index (χ0n) is 12.0. The summed E-state index contributed by atoms with van der Waals surface area (Å²) in [5.74, 6) is 0.139. The Morgan fingerprint density at radius 3 is 3.00 bits per heavy atom. The van der Waals surface area contributed by atoms with Crippen LogP contribution in [0.15, 0.2) is 24.3 Å². The van der Waals surface area contributed by atoms with Crippen molar-refractivity contribution < 1.29 is 4.79 Å². The Bertz CT molecular complexity index is 431. The predicted octanol–water partition coefficient (Wildman–Crippen LogP) is 2.52. The number of likely N-dealkylation sites (N-methyl/N-ethyl adjacent to an activating group) is 1. The van der Waals surface area contributed by atoms with E-state index >= 15 is 0 Å². The fraction of sp³-hybridized carbons (Fsp3) is 0.562. The Hall–Kier alpha value is -1.35. The van der Waals surface area contributed by atoms with Crippen LogP contribution in [-0.2, 0) is 11.2 Å². The Kier molecular flexibility index (Phi) is 4.97. The summed E-state index contributed by atoms with van der Waals surface area (Å²) in [5, 5.41) is 2.98. The van der Waals surface area contributed by atoms with E-state index in [-0.39, 0.29) is 5.91 Å². The van der Waals surface area contributed by atoms with Crippen LogP contribution in [0.2, 0.25) is 0 Å². The van der Waals surface area contributed by atoms with E-state index in [9.17, 15) is 4.79 Å². The van der Waals surface area contributed by atoms with Gasteiger partial charge in [-0.15, -0.1) is 0 Å². The van der Waals surface area contributed by atoms with Gasteiger partial charge >= 0.3 is 0 Å². The van der Waals surface area contributed by atoms with Crippen LogP contribution < -0.4 is 5.32 Å². The van der Waals surface area contributed by atoms with Crippen molar-refractivity contribution in [3.05, 3.63) is 35.4 Å². The van der Waals surface area contributed by atoms with Crippen molar-refractivity contribution in [3.63, 3.8) is 0 Å². The van der Waals surface area contributed by atoms with Crippen molar-refractivity contribution in [1.29, 1.82) is 0 Å². The smallest absolute Gasteiger partial charge is 0.234 e. The van der Waals surface area contributed by atoms with E-state index in [2.05, 4.69) is 41.4 Å². The van der Waals surface area contributed by atoms with Crippen LogP contribution in [0.4, 0.5) is 0 Å². The second kappa shape index (κ2) is 6.71. The molecule has 1 amide bonds. The zero-order chi connectivity index (χ0) is 13.7. The van der Waals surface area contributed by atoms with Crippen molar-refractivity contribution in [2.45, 2.75) is 38.6 Å². The van der Waals surface area contributed by atoms with E-state index in [1.165, 1.54) is 11.1 Å². The highest BCUT2D eigenvalue weighted by molar-refractivity contribution is 5.78. The number of hydrogen-bond acceptors (Lipinski definition) is 2. The maximum absolute atomic E-state index is 11.8. The summed E-state index contributed by atoms with van der Waals surface area (Å²) in [6.07, 6.45) is 4.43. The molecule has 0 fully saturated rings. The lowest BCUT2D eigenvalue weighted by Crippen LogP contribution is -2.37. The minimum atomic E-state index is 0.139. The molecule has 1 atom stereocenters. The molecule has 104 valence electrons. The molecule has 1 unspecified atom stereocenters. The van der Waals surface area contributed by atoms with Gasteiger partial charge in [0.15, 0.2) is 0 Å². The van der Waals surface area contributed by atoms with E-state index in [1.807, 2.05) is 7.05 Å². The third-order valence-electron chi connectivity index (χ3n) is 3.88. The summed E-state index contributed by atoms with van der Waals surface area (Å²) in [6.45, 7) is 3.42. The second-order valence-electron chi connectivity index (χ2n) is 5.37. The van der Waals surface area contributed by atoms with Crippen LogP contribution in [-0.4, -0.2) is 30.9 Å². The fourth-order valence-electron chi connectivity index (χ4n) is 2.79. The van der Waals surface area contributed by atoms with Gasteiger partial charge in [-0.3, -0.25) is 9.69 Å². The molecule has 1 aliphatic rings. The lowest BCUT2D eigenvalue weighted by atomic mass is 10.1. The molecule has 1 aromatic rings. The zero-order valence-corrected chi connectivity index (χ0v) is 12.0. The van der Waals surface area contributed by atoms with Gasteiger partial charge in [-0.25, -0.2) is 0 Å². The number of benzene rings is 1. The topological polar surface area (TPSA) is 32.3 Å². The molecule has 1 aromatic carbocycles. The number of carbonyl (C=O) groups is 1. The number of hydrogen-bond donors (Lipinski definition) is 1. The predicted molar refractivity (Wildman–Crippen MR) is 78.1 cm³/mol. The molecule has 0 spiro atoms. The number of aryl methyl sites for hydroxylation is 1. The van der Waals surface area contributed by atoms with Crippen LogP contribution in [0, 0.1) is 0 Å². The molecule has 3 nitrogen and oxygen atoms in total. The van der Waals surface area contributed by atoms with E-state index in [0.717, 1.165) is 32.2 Å². The quantitative estimate of drug-likeness (QED) is 0.797. The summed E-state index contributed by atoms with van der Waals surface area (Å²) in [6, 6.07) is 8.97. The van der Waals surface area contributed by atoms with Crippen molar-refractivity contribution >= 4 is 5.91 Å². The van der Waals surface area contributed by atoms with Gasteiger partial charge in [0.25, 0.3) is 0 Å². The first-order valence-corrected chi connectivity index (χ1v) is 7.27. The second-order valence-corrected chi connectivity index (χ2v) is 5.37. The average molecular weight is 260 g/mol. The van der Waals surface area contributed by atoms with E-state index in [4.69, 9.17) is 0 Å². The van der Waals surface area contributed by atoms with Gasteiger partial charge < -0.3 is 5.32 Å². The van der Waals surface area contributed by atoms with Crippen LogP contribution in [0.3, 0.4) is 0 Å². The average Bonchev–Trinajstić information content (AvgIpc) is 2.83. The SMILES string of the molecule is CCCCNC(=O)CN(C)C1CCc2ccccc21. The summed E-state index contributed by atoms with van der Waals surface area (Å²) in [4.78, 5) is 14.0. The molecule has 0 aromatic heterocycles. The van der Waals surface area contributed by atoms with Crippen molar-refractivity contribution in [1.82, 2.24) is 10.2 Å². The molecule has 2 rings (SSSR count). The molecule has 0 heterocycles. The first kappa shape index (κ1) is 14.1. The minimum absolute atomic E-state index is 0.139. The number of unbranched alkanes of at least 4 members (excludes halogenated alkanes) is 1. The number of nitrogens with one attached hydrogen (secondary N) is 1. The largest absolute Gasteiger partial charge is 0.355 e. The van der Waals surface area contributed by atoms with Crippen LogP contribution in [0.1, 0.15) is 43.4 Å². The van der Waals surface area contributed by atoms with E-state index < -0.39 is 0 Å². The number of fused-ring (bicyclic) bond motifs is 1. The standard InChI is InChI=1S/C16H24N2O/c1-3-4-11-17-16(19)12-18(2)15-10-9-13-7-5-6-8-14(13)15/h5-8,15H,3-4,9-12H2,1-2H3,(H,17,19). The van der Waals surface area contributed by atoms with Gasteiger partial charge in [-0.1, -0.05) is 37.6 Å². The van der Waals surface area contributed by atoms with Crippen molar-refractivity contribution in [2.24, 2.45) is 0 Å². The normalized spacial score (nSPS) is 17.5. The summed E-state index contributed by atoms with van der Waals surface area (Å²) in [7, 11) is 2.05. The molecule has 3 heteroatoms. The van der Waals surface area contributed by atoms with Gasteiger partial charge in [0.1, 0.15) is 0 Å². The summed E-state index contributed by atoms with van der Waals surface area (Å²) < 4.78 is 0. The third-order valence-corrected chi connectivity index (χ3v) is 3.88. The van der Waals surface area contributed by atoms with Crippen LogP contribution >= 0.6 is 0 Å². The molecule has 19 heavy (non-hydrogen) atoms. The highest BCUT2D eigenvalue weighted by Gasteiger charge is 2.26. The molecule has 0 radical (unpaired) electrons. The van der Waals surface area contributed by atoms with Gasteiger partial charge in [0.05, 0.1) is 6.54 Å². The lowest BCUT2D eigenvalue weighted by molar-refractivity contribution is -0.122. The summed E-state index contributed by atoms with van der Waals surface area (Å²) >= 11 is 0. The van der Waals surface area contributed by atoms with Gasteiger partial charge in [0.2, 0.25) is 5.91 Å². The van der Waals surface area contributed by atoms with E-state index in [1.54, 1.807) is 0 Å². The Morgan fingerprint density at radius 1 is 1.42 bits per heavy atom. The lowest BCUT2D eigenvalue weighted by Gasteiger charge is -2.24. The molecular formula is C16H24N2O. The Morgan fingerprint density at radius 2 is 2.21 bits per heavy atom. The van der Waals surface area contributed by atoms with Crippen LogP contribution in [0.25, 0.3) is 0 Å². The highest BCUT2D eigenvalue weighted by Crippen LogP contribution is 2.34. The third kappa shape index (κ3) is 3.57. The molecule has 0 aliphatic heterocycles. The Balaban J connectivity index is 1.87. The van der Waals surface area contributed by atoms with Gasteiger partial charge in [-0.2, -0.15) is 0 Å². The van der Waals surface area contributed by atoms with Crippen LogP contribution in [0.5, 0.6) is 0 Å². The van der Waals surface area contributed by atoms with Crippen molar-refractivity contribution in [3.8, 4) is 0 Å². The first-order valence-electron chi connectivity index (χ1n) is 7.27. The maximum atomic E-state index is 11.8.